The predicted octanol–water partition coefficient (Wildman–Crippen LogP) is 3.26. The number of unbranched alkanes of at least 4 members (excludes halogenated alkanes) is 2. The van der Waals surface area contributed by atoms with Crippen LogP contribution in [0.25, 0.3) is 0 Å². The van der Waals surface area contributed by atoms with Gasteiger partial charge in [-0.15, -0.1) is 0 Å². The lowest BCUT2D eigenvalue weighted by atomic mass is 9.99. The van der Waals surface area contributed by atoms with Gasteiger partial charge >= 0.3 is 6.18 Å². The van der Waals surface area contributed by atoms with Crippen LogP contribution in [0.2, 0.25) is 0 Å². The van der Waals surface area contributed by atoms with Gasteiger partial charge in [-0.3, -0.25) is 0 Å². The van der Waals surface area contributed by atoms with Gasteiger partial charge in [-0.05, 0) is 77.8 Å². The van der Waals surface area contributed by atoms with Crippen molar-refractivity contribution < 1.29 is 13.2 Å². The van der Waals surface area contributed by atoms with E-state index in [-0.39, 0.29) is 0 Å². The molecule has 2 rings (SSSR count). The van der Waals surface area contributed by atoms with Gasteiger partial charge in [-0.25, -0.2) is 0 Å². The van der Waals surface area contributed by atoms with Crippen LogP contribution in [-0.4, -0.2) is 67.8 Å². The molecule has 136 valence electrons. The van der Waals surface area contributed by atoms with E-state index in [1.165, 1.54) is 58.3 Å². The molecule has 6 heteroatoms. The Labute approximate surface area is 138 Å². The Morgan fingerprint density at radius 3 is 2.22 bits per heavy atom. The molecule has 0 aliphatic carbocycles. The summed E-state index contributed by atoms with van der Waals surface area (Å²) in [5.74, 6) is 0. The molecule has 2 heterocycles. The maximum Gasteiger partial charge on any atom is 0.401 e. The normalized spacial score (nSPS) is 22.6. The van der Waals surface area contributed by atoms with Crippen molar-refractivity contribution in [1.82, 2.24) is 15.1 Å². The zero-order valence-electron chi connectivity index (χ0n) is 14.2. The van der Waals surface area contributed by atoms with Gasteiger partial charge in [0.25, 0.3) is 0 Å². The quantitative estimate of drug-likeness (QED) is 0.687. The summed E-state index contributed by atoms with van der Waals surface area (Å²) in [6, 6.07) is 0.790. The summed E-state index contributed by atoms with van der Waals surface area (Å²) in [7, 11) is 0. The predicted molar refractivity (Wildman–Crippen MR) is 87.7 cm³/mol. The van der Waals surface area contributed by atoms with Crippen molar-refractivity contribution in [1.29, 1.82) is 0 Å². The molecule has 0 radical (unpaired) electrons. The lowest BCUT2D eigenvalue weighted by molar-refractivity contribution is -0.124. The molecule has 2 saturated heterocycles. The molecule has 0 aromatic rings. The highest BCUT2D eigenvalue weighted by Crippen LogP contribution is 2.21. The molecule has 2 aliphatic rings. The van der Waals surface area contributed by atoms with Crippen LogP contribution in [0.3, 0.4) is 0 Å². The molecule has 0 aromatic heterocycles. The first-order valence-corrected chi connectivity index (χ1v) is 9.28. The van der Waals surface area contributed by atoms with Crippen LogP contribution in [0.4, 0.5) is 13.2 Å². The largest absolute Gasteiger partial charge is 0.401 e. The van der Waals surface area contributed by atoms with Crippen LogP contribution in [0.15, 0.2) is 0 Å². The van der Waals surface area contributed by atoms with Crippen LogP contribution >= 0.6 is 0 Å². The topological polar surface area (TPSA) is 18.5 Å². The van der Waals surface area contributed by atoms with Gasteiger partial charge in [0.2, 0.25) is 0 Å². The van der Waals surface area contributed by atoms with Crippen molar-refractivity contribution in [2.75, 3.05) is 45.8 Å². The smallest absolute Gasteiger partial charge is 0.309 e. The van der Waals surface area contributed by atoms with Crippen molar-refractivity contribution in [3.05, 3.63) is 0 Å². The molecule has 0 saturated carbocycles. The fourth-order valence-corrected chi connectivity index (χ4v) is 3.78. The van der Waals surface area contributed by atoms with E-state index in [1.807, 2.05) is 0 Å². The van der Waals surface area contributed by atoms with Gasteiger partial charge in [0.1, 0.15) is 0 Å². The molecule has 0 aromatic carbocycles. The summed E-state index contributed by atoms with van der Waals surface area (Å²) in [6.45, 7) is 5.66. The fourth-order valence-electron chi connectivity index (χ4n) is 3.78. The molecule has 2 aliphatic heterocycles. The molecule has 23 heavy (non-hydrogen) atoms. The second kappa shape index (κ2) is 9.84. The third kappa shape index (κ3) is 7.86. The average molecular weight is 335 g/mol. The van der Waals surface area contributed by atoms with Crippen LogP contribution in [0.5, 0.6) is 0 Å². The molecule has 0 atom stereocenters. The van der Waals surface area contributed by atoms with Crippen LogP contribution < -0.4 is 5.32 Å². The van der Waals surface area contributed by atoms with Crippen molar-refractivity contribution >= 4 is 0 Å². The van der Waals surface area contributed by atoms with E-state index in [0.29, 0.717) is 6.54 Å². The van der Waals surface area contributed by atoms with Gasteiger partial charge < -0.3 is 15.1 Å². The maximum absolute atomic E-state index is 12.0. The SMILES string of the molecule is FC(F)(F)CNCCCCCN1CCC(N2CCCCC2)CC1. The minimum atomic E-state index is -4.08. The monoisotopic (exact) mass is 335 g/mol. The number of alkyl halides is 3. The Kier molecular flexibility index (Phi) is 8.13. The fraction of sp³-hybridized carbons (Fsp3) is 1.00. The number of likely N-dealkylation sites (tertiary alicyclic amines) is 2. The van der Waals surface area contributed by atoms with Crippen molar-refractivity contribution in [2.24, 2.45) is 0 Å². The number of hydrogen-bond donors (Lipinski definition) is 1. The first kappa shape index (κ1) is 19.0. The highest BCUT2D eigenvalue weighted by atomic mass is 19.4. The van der Waals surface area contributed by atoms with Gasteiger partial charge in [-0.2, -0.15) is 13.2 Å². The van der Waals surface area contributed by atoms with Gasteiger partial charge in [-0.1, -0.05) is 12.8 Å². The Balaban J connectivity index is 1.45. The van der Waals surface area contributed by atoms with E-state index >= 15 is 0 Å². The third-order valence-corrected chi connectivity index (χ3v) is 5.12. The van der Waals surface area contributed by atoms with Gasteiger partial charge in [0.05, 0.1) is 6.54 Å². The lowest BCUT2D eigenvalue weighted by Crippen LogP contribution is -2.46. The Bertz CT molecular complexity index is 309. The van der Waals surface area contributed by atoms with E-state index in [4.69, 9.17) is 0 Å². The molecule has 0 unspecified atom stereocenters. The average Bonchev–Trinajstić information content (AvgIpc) is 2.54. The number of piperidine rings is 2. The Morgan fingerprint density at radius 2 is 1.57 bits per heavy atom. The van der Waals surface area contributed by atoms with E-state index in [0.717, 1.165) is 31.8 Å². The molecule has 1 N–H and O–H groups in total. The Morgan fingerprint density at radius 1 is 0.870 bits per heavy atom. The molecule has 3 nitrogen and oxygen atoms in total. The second-order valence-corrected chi connectivity index (χ2v) is 7.02. The summed E-state index contributed by atoms with van der Waals surface area (Å²) in [6.07, 6.45) is 5.55. The standard InChI is InChI=1S/C17H32F3N3/c18-17(19,20)15-21-9-3-1-4-10-22-13-7-16(8-14-22)23-11-5-2-6-12-23/h16,21H,1-15H2. The molecule has 0 bridgehead atoms. The zero-order chi connectivity index (χ0) is 16.5. The van der Waals surface area contributed by atoms with E-state index in [9.17, 15) is 13.2 Å². The highest BCUT2D eigenvalue weighted by molar-refractivity contribution is 4.81. The van der Waals surface area contributed by atoms with Crippen LogP contribution in [0, 0.1) is 0 Å². The number of hydrogen-bond acceptors (Lipinski definition) is 3. The van der Waals surface area contributed by atoms with Crippen LogP contribution in [-0.2, 0) is 0 Å². The first-order valence-electron chi connectivity index (χ1n) is 9.28. The molecular weight excluding hydrogens is 303 g/mol. The summed E-state index contributed by atoms with van der Waals surface area (Å²) in [5.41, 5.74) is 0. The number of rotatable bonds is 8. The first-order chi connectivity index (χ1) is 11.0. The summed E-state index contributed by atoms with van der Waals surface area (Å²) >= 11 is 0. The van der Waals surface area contributed by atoms with Crippen LogP contribution in [0.1, 0.15) is 51.4 Å². The minimum absolute atomic E-state index is 0.469. The molecule has 0 amide bonds. The van der Waals surface area contributed by atoms with Crippen molar-refractivity contribution in [3.8, 4) is 0 Å². The maximum atomic E-state index is 12.0. The summed E-state index contributed by atoms with van der Waals surface area (Å²) in [4.78, 5) is 5.22. The number of halogens is 3. The number of nitrogens with one attached hydrogen (secondary N) is 1. The van der Waals surface area contributed by atoms with Crippen molar-refractivity contribution in [3.63, 3.8) is 0 Å². The molecular formula is C17H32F3N3. The van der Waals surface area contributed by atoms with Crippen molar-refractivity contribution in [2.45, 2.75) is 63.6 Å². The molecule has 0 spiro atoms. The number of nitrogens with zero attached hydrogens (tertiary/aromatic N) is 2. The third-order valence-electron chi connectivity index (χ3n) is 5.12. The lowest BCUT2D eigenvalue weighted by Gasteiger charge is -2.40. The highest BCUT2D eigenvalue weighted by Gasteiger charge is 2.26. The van der Waals surface area contributed by atoms with Gasteiger partial charge in [0.15, 0.2) is 0 Å². The van der Waals surface area contributed by atoms with E-state index in [1.54, 1.807) is 0 Å². The second-order valence-electron chi connectivity index (χ2n) is 7.02. The molecule has 2 fully saturated rings. The summed E-state index contributed by atoms with van der Waals surface area (Å²) in [5, 5.41) is 2.46. The zero-order valence-corrected chi connectivity index (χ0v) is 14.2. The minimum Gasteiger partial charge on any atom is -0.309 e. The Hall–Kier alpha value is -0.330. The van der Waals surface area contributed by atoms with E-state index in [2.05, 4.69) is 15.1 Å². The van der Waals surface area contributed by atoms with Gasteiger partial charge in [0, 0.05) is 6.04 Å². The summed E-state index contributed by atoms with van der Waals surface area (Å²) < 4.78 is 35.9. The van der Waals surface area contributed by atoms with E-state index < -0.39 is 12.7 Å².